The molecule has 1 rings (SSSR count). The number of hydrogen-bond donors (Lipinski definition) is 1. The molecule has 0 heterocycles. The summed E-state index contributed by atoms with van der Waals surface area (Å²) < 4.78 is 0. The van der Waals surface area contributed by atoms with Crippen molar-refractivity contribution in [2.75, 3.05) is 20.1 Å². The molecule has 0 aromatic rings. The first-order chi connectivity index (χ1) is 8.15. The van der Waals surface area contributed by atoms with E-state index in [0.29, 0.717) is 12.6 Å². The van der Waals surface area contributed by atoms with Gasteiger partial charge in [-0.2, -0.15) is 0 Å². The number of hydrogen-bond acceptors (Lipinski definition) is 2. The molecule has 0 aliphatic heterocycles. The smallest absolute Gasteiger partial charge is 0.236 e. The molecule has 0 saturated heterocycles. The lowest BCUT2D eigenvalue weighted by molar-refractivity contribution is -0.128. The Morgan fingerprint density at radius 1 is 1.29 bits per heavy atom. The van der Waals surface area contributed by atoms with Crippen molar-refractivity contribution in [2.24, 2.45) is 5.92 Å². The highest BCUT2D eigenvalue weighted by atomic mass is 16.2. The predicted molar refractivity (Wildman–Crippen MR) is 72.0 cm³/mol. The second kappa shape index (κ2) is 7.70. The number of likely N-dealkylation sites (N-methyl/N-ethyl adjacent to an activating group) is 1. The van der Waals surface area contributed by atoms with Crippen molar-refractivity contribution in [1.82, 2.24) is 10.2 Å². The molecule has 1 N–H and O–H groups in total. The Hall–Kier alpha value is -0.570. The van der Waals surface area contributed by atoms with Crippen LogP contribution in [0.15, 0.2) is 0 Å². The minimum Gasteiger partial charge on any atom is -0.345 e. The van der Waals surface area contributed by atoms with Gasteiger partial charge in [0.1, 0.15) is 0 Å². The highest BCUT2D eigenvalue weighted by molar-refractivity contribution is 5.77. The van der Waals surface area contributed by atoms with Crippen molar-refractivity contribution in [3.05, 3.63) is 0 Å². The van der Waals surface area contributed by atoms with E-state index in [2.05, 4.69) is 12.2 Å². The fourth-order valence-corrected chi connectivity index (χ4v) is 2.54. The van der Waals surface area contributed by atoms with Gasteiger partial charge in [-0.15, -0.1) is 0 Å². The lowest BCUT2D eigenvalue weighted by atomic mass is 9.93. The molecule has 100 valence electrons. The average Bonchev–Trinajstić information content (AvgIpc) is 2.63. The van der Waals surface area contributed by atoms with Crippen molar-refractivity contribution in [3.8, 4) is 0 Å². The largest absolute Gasteiger partial charge is 0.345 e. The van der Waals surface area contributed by atoms with Crippen LogP contribution in [0.25, 0.3) is 0 Å². The van der Waals surface area contributed by atoms with Gasteiger partial charge in [0.2, 0.25) is 5.91 Å². The third-order valence-corrected chi connectivity index (χ3v) is 4.08. The Labute approximate surface area is 106 Å². The first kappa shape index (κ1) is 14.5. The van der Waals surface area contributed by atoms with E-state index in [0.717, 1.165) is 12.5 Å². The lowest BCUT2D eigenvalue weighted by Gasteiger charge is -2.24. The molecule has 1 saturated carbocycles. The van der Waals surface area contributed by atoms with Crippen molar-refractivity contribution in [1.29, 1.82) is 0 Å². The molecule has 1 aliphatic rings. The molecule has 17 heavy (non-hydrogen) atoms. The number of nitrogens with zero attached hydrogens (tertiary/aromatic N) is 1. The van der Waals surface area contributed by atoms with Crippen LogP contribution in [-0.2, 0) is 4.79 Å². The van der Waals surface area contributed by atoms with E-state index >= 15 is 0 Å². The van der Waals surface area contributed by atoms with Crippen molar-refractivity contribution >= 4 is 5.91 Å². The Morgan fingerprint density at radius 3 is 2.41 bits per heavy atom. The standard InChI is InChI=1S/C14H28N2O/c1-4-16(3)14(17)11-15-12(2)13-9-7-5-6-8-10-13/h12-13,15H,4-11H2,1-3H3/t12-/m1/s1. The SMILES string of the molecule is CCN(C)C(=O)CN[C@H](C)C1CCCCCC1. The van der Waals surface area contributed by atoms with Crippen molar-refractivity contribution < 1.29 is 4.79 Å². The maximum atomic E-state index is 11.7. The van der Waals surface area contributed by atoms with Gasteiger partial charge < -0.3 is 10.2 Å². The van der Waals surface area contributed by atoms with Crippen LogP contribution in [0.5, 0.6) is 0 Å². The minimum absolute atomic E-state index is 0.202. The van der Waals surface area contributed by atoms with Crippen LogP contribution < -0.4 is 5.32 Å². The third kappa shape index (κ3) is 5.07. The maximum absolute atomic E-state index is 11.7. The molecule has 1 fully saturated rings. The molecule has 1 aliphatic carbocycles. The van der Waals surface area contributed by atoms with Gasteiger partial charge in [0.25, 0.3) is 0 Å². The number of carbonyl (C=O) groups is 1. The summed E-state index contributed by atoms with van der Waals surface area (Å²) in [5, 5.41) is 3.40. The molecule has 0 unspecified atom stereocenters. The molecule has 0 aromatic carbocycles. The van der Waals surface area contributed by atoms with E-state index in [1.54, 1.807) is 4.90 Å². The summed E-state index contributed by atoms with van der Waals surface area (Å²) in [5.41, 5.74) is 0. The molecule has 3 heteroatoms. The molecule has 0 aromatic heterocycles. The first-order valence-electron chi connectivity index (χ1n) is 7.12. The minimum atomic E-state index is 0.202. The quantitative estimate of drug-likeness (QED) is 0.749. The third-order valence-electron chi connectivity index (χ3n) is 4.08. The highest BCUT2D eigenvalue weighted by Crippen LogP contribution is 2.25. The zero-order valence-corrected chi connectivity index (χ0v) is 11.7. The Morgan fingerprint density at radius 2 is 1.88 bits per heavy atom. The van der Waals surface area contributed by atoms with Crippen molar-refractivity contribution in [3.63, 3.8) is 0 Å². The van der Waals surface area contributed by atoms with Crippen LogP contribution in [0.3, 0.4) is 0 Å². The van der Waals surface area contributed by atoms with Gasteiger partial charge in [-0.3, -0.25) is 4.79 Å². The molecule has 0 radical (unpaired) electrons. The molecule has 0 bridgehead atoms. The number of nitrogens with one attached hydrogen (secondary N) is 1. The van der Waals surface area contributed by atoms with Crippen LogP contribution in [0.1, 0.15) is 52.4 Å². The van der Waals surface area contributed by atoms with E-state index < -0.39 is 0 Å². The summed E-state index contributed by atoms with van der Waals surface area (Å²) in [6.45, 7) is 5.52. The van der Waals surface area contributed by atoms with E-state index in [-0.39, 0.29) is 5.91 Å². The fourth-order valence-electron chi connectivity index (χ4n) is 2.54. The van der Waals surface area contributed by atoms with Gasteiger partial charge in [-0.1, -0.05) is 25.7 Å². The van der Waals surface area contributed by atoms with Crippen LogP contribution in [0, 0.1) is 5.92 Å². The predicted octanol–water partition coefficient (Wildman–Crippen LogP) is 2.41. The van der Waals surface area contributed by atoms with Crippen LogP contribution in [0.4, 0.5) is 0 Å². The Kier molecular flexibility index (Phi) is 6.56. The maximum Gasteiger partial charge on any atom is 0.236 e. The zero-order chi connectivity index (χ0) is 12.7. The molecule has 1 amide bonds. The van der Waals surface area contributed by atoms with E-state index in [4.69, 9.17) is 0 Å². The molecule has 0 spiro atoms. The Balaban J connectivity index is 2.27. The first-order valence-corrected chi connectivity index (χ1v) is 7.12. The summed E-state index contributed by atoms with van der Waals surface area (Å²) in [5.74, 6) is 0.963. The average molecular weight is 240 g/mol. The van der Waals surface area contributed by atoms with E-state index in [9.17, 15) is 4.79 Å². The molecule has 3 nitrogen and oxygen atoms in total. The number of rotatable bonds is 5. The normalized spacial score (nSPS) is 19.7. The highest BCUT2D eigenvalue weighted by Gasteiger charge is 2.19. The van der Waals surface area contributed by atoms with Crippen LogP contribution in [0.2, 0.25) is 0 Å². The van der Waals surface area contributed by atoms with Gasteiger partial charge in [-0.05, 0) is 32.6 Å². The fraction of sp³-hybridized carbons (Fsp3) is 0.929. The molecule has 1 atom stereocenters. The second-order valence-electron chi connectivity index (χ2n) is 5.33. The van der Waals surface area contributed by atoms with Gasteiger partial charge in [-0.25, -0.2) is 0 Å². The summed E-state index contributed by atoms with van der Waals surface area (Å²) in [4.78, 5) is 13.5. The summed E-state index contributed by atoms with van der Waals surface area (Å²) in [6, 6.07) is 0.474. The molecular formula is C14H28N2O. The number of amides is 1. The van der Waals surface area contributed by atoms with Crippen LogP contribution in [-0.4, -0.2) is 37.0 Å². The second-order valence-corrected chi connectivity index (χ2v) is 5.33. The monoisotopic (exact) mass is 240 g/mol. The number of carbonyl (C=O) groups excluding carboxylic acids is 1. The van der Waals surface area contributed by atoms with Gasteiger partial charge >= 0.3 is 0 Å². The van der Waals surface area contributed by atoms with Gasteiger partial charge in [0, 0.05) is 19.6 Å². The van der Waals surface area contributed by atoms with Crippen LogP contribution >= 0.6 is 0 Å². The van der Waals surface area contributed by atoms with E-state index in [1.165, 1.54) is 38.5 Å². The molecular weight excluding hydrogens is 212 g/mol. The van der Waals surface area contributed by atoms with Crippen molar-refractivity contribution in [2.45, 2.75) is 58.4 Å². The summed E-state index contributed by atoms with van der Waals surface area (Å²) in [6.07, 6.45) is 8.15. The van der Waals surface area contributed by atoms with Gasteiger partial charge in [0.15, 0.2) is 0 Å². The Bertz CT molecular complexity index is 222. The van der Waals surface area contributed by atoms with Gasteiger partial charge in [0.05, 0.1) is 6.54 Å². The van der Waals surface area contributed by atoms with E-state index in [1.807, 2.05) is 14.0 Å². The zero-order valence-electron chi connectivity index (χ0n) is 11.7. The topological polar surface area (TPSA) is 32.3 Å². The summed E-state index contributed by atoms with van der Waals surface area (Å²) >= 11 is 0. The summed E-state index contributed by atoms with van der Waals surface area (Å²) in [7, 11) is 1.86. The lowest BCUT2D eigenvalue weighted by Crippen LogP contribution is -2.41.